The van der Waals surface area contributed by atoms with E-state index >= 15 is 0 Å². The fourth-order valence-electron chi connectivity index (χ4n) is 1.85. The summed E-state index contributed by atoms with van der Waals surface area (Å²) < 4.78 is 23.3. The molecule has 0 aliphatic carbocycles. The monoisotopic (exact) mass is 305 g/mol. The Balaban J connectivity index is 1.91. The van der Waals surface area contributed by atoms with Gasteiger partial charge in [0.1, 0.15) is 6.61 Å². The van der Waals surface area contributed by atoms with Crippen molar-refractivity contribution in [2.75, 3.05) is 24.7 Å². The minimum Gasteiger partial charge on any atom is -0.490 e. The average Bonchev–Trinajstić information content (AvgIpc) is 2.49. The van der Waals surface area contributed by atoms with Crippen LogP contribution in [0.5, 0.6) is 11.5 Å². The van der Waals surface area contributed by atoms with Crippen molar-refractivity contribution in [3.05, 3.63) is 48.5 Å². The Morgan fingerprint density at radius 1 is 1.05 bits per heavy atom. The number of benzene rings is 2. The molecular formula is C16H19NO3S. The van der Waals surface area contributed by atoms with Crippen LogP contribution < -0.4 is 15.2 Å². The molecule has 0 saturated heterocycles. The van der Waals surface area contributed by atoms with Crippen LogP contribution >= 0.6 is 0 Å². The van der Waals surface area contributed by atoms with Crippen molar-refractivity contribution in [1.82, 2.24) is 0 Å². The number of ether oxygens (including phenoxy) is 2. The Kier molecular flexibility index (Phi) is 5.63. The van der Waals surface area contributed by atoms with Gasteiger partial charge in [-0.3, -0.25) is 4.21 Å². The zero-order valence-electron chi connectivity index (χ0n) is 12.0. The number of rotatable bonds is 7. The molecule has 0 spiro atoms. The van der Waals surface area contributed by atoms with Gasteiger partial charge < -0.3 is 15.2 Å². The maximum absolute atomic E-state index is 12.1. The molecular weight excluding hydrogens is 286 g/mol. The van der Waals surface area contributed by atoms with E-state index in [1.807, 2.05) is 31.2 Å². The van der Waals surface area contributed by atoms with Crippen molar-refractivity contribution >= 4 is 16.5 Å². The van der Waals surface area contributed by atoms with Crippen molar-refractivity contribution in [2.45, 2.75) is 11.8 Å². The highest BCUT2D eigenvalue weighted by molar-refractivity contribution is 7.85. The minimum absolute atomic E-state index is 0.353. The molecule has 0 radical (unpaired) electrons. The molecule has 2 aromatic carbocycles. The zero-order valence-corrected chi connectivity index (χ0v) is 12.8. The van der Waals surface area contributed by atoms with E-state index in [0.717, 1.165) is 4.90 Å². The van der Waals surface area contributed by atoms with Crippen molar-refractivity contribution in [3.8, 4) is 11.5 Å². The lowest BCUT2D eigenvalue weighted by atomic mass is 10.3. The van der Waals surface area contributed by atoms with Crippen LogP contribution in [0.2, 0.25) is 0 Å². The second-order valence-electron chi connectivity index (χ2n) is 4.35. The van der Waals surface area contributed by atoms with Crippen LogP contribution in [0.3, 0.4) is 0 Å². The number of nitrogen functional groups attached to an aromatic ring is 1. The van der Waals surface area contributed by atoms with Crippen molar-refractivity contribution in [2.24, 2.45) is 0 Å². The van der Waals surface area contributed by atoms with Gasteiger partial charge in [-0.25, -0.2) is 0 Å². The smallest absolute Gasteiger partial charge is 0.161 e. The first-order valence-corrected chi connectivity index (χ1v) is 8.11. The van der Waals surface area contributed by atoms with Gasteiger partial charge in [0.25, 0.3) is 0 Å². The summed E-state index contributed by atoms with van der Waals surface area (Å²) >= 11 is 0. The Labute approximate surface area is 127 Å². The first-order valence-electron chi connectivity index (χ1n) is 6.79. The molecule has 2 rings (SSSR count). The molecule has 112 valence electrons. The minimum atomic E-state index is -1.12. The van der Waals surface area contributed by atoms with Gasteiger partial charge in [-0.15, -0.1) is 0 Å². The summed E-state index contributed by atoms with van der Waals surface area (Å²) in [6, 6.07) is 14.6. The quantitative estimate of drug-likeness (QED) is 0.799. The third-order valence-electron chi connectivity index (χ3n) is 2.80. The lowest BCUT2D eigenvalue weighted by molar-refractivity contribution is 0.289. The summed E-state index contributed by atoms with van der Waals surface area (Å²) in [4.78, 5) is 0.719. The topological polar surface area (TPSA) is 61.5 Å². The summed E-state index contributed by atoms with van der Waals surface area (Å²) in [6.45, 7) is 2.85. The van der Waals surface area contributed by atoms with E-state index in [9.17, 15) is 4.21 Å². The van der Waals surface area contributed by atoms with E-state index in [0.29, 0.717) is 36.2 Å². The van der Waals surface area contributed by atoms with Crippen molar-refractivity contribution in [3.63, 3.8) is 0 Å². The predicted molar refractivity (Wildman–Crippen MR) is 85.2 cm³/mol. The molecule has 5 heteroatoms. The van der Waals surface area contributed by atoms with E-state index < -0.39 is 10.8 Å². The lowest BCUT2D eigenvalue weighted by Crippen LogP contribution is -2.09. The fraction of sp³-hybridized carbons (Fsp3) is 0.250. The second kappa shape index (κ2) is 7.69. The Morgan fingerprint density at radius 2 is 1.76 bits per heavy atom. The van der Waals surface area contributed by atoms with Gasteiger partial charge in [0.15, 0.2) is 11.5 Å². The molecule has 0 saturated carbocycles. The van der Waals surface area contributed by atoms with Crippen LogP contribution in [-0.2, 0) is 10.8 Å². The molecule has 21 heavy (non-hydrogen) atoms. The first-order chi connectivity index (χ1) is 10.2. The van der Waals surface area contributed by atoms with E-state index in [-0.39, 0.29) is 0 Å². The van der Waals surface area contributed by atoms with Gasteiger partial charge in [0.2, 0.25) is 0 Å². The molecule has 0 aromatic heterocycles. The Morgan fingerprint density at radius 3 is 2.43 bits per heavy atom. The number of hydrogen-bond acceptors (Lipinski definition) is 4. The van der Waals surface area contributed by atoms with Crippen LogP contribution in [0.4, 0.5) is 5.69 Å². The third-order valence-corrected chi connectivity index (χ3v) is 4.11. The van der Waals surface area contributed by atoms with E-state index in [4.69, 9.17) is 15.2 Å². The van der Waals surface area contributed by atoms with E-state index in [1.54, 1.807) is 24.3 Å². The third kappa shape index (κ3) is 4.49. The van der Waals surface area contributed by atoms with Crippen molar-refractivity contribution < 1.29 is 13.7 Å². The number of nitrogens with two attached hydrogens (primary N) is 1. The molecule has 0 heterocycles. The standard InChI is InChI=1S/C16H19NO3S/c1-2-19-15-8-3-4-9-16(15)20-10-11-21(18)14-7-5-6-13(17)12-14/h3-9,12H,2,10-11,17H2,1H3. The molecule has 2 N–H and O–H groups in total. The summed E-state index contributed by atoms with van der Waals surface area (Å²) in [5.41, 5.74) is 6.30. The molecule has 1 unspecified atom stereocenters. The molecule has 4 nitrogen and oxygen atoms in total. The molecule has 0 amide bonds. The normalized spacial score (nSPS) is 11.9. The second-order valence-corrected chi connectivity index (χ2v) is 5.92. The molecule has 0 aliphatic heterocycles. The number of anilines is 1. The maximum atomic E-state index is 12.1. The van der Waals surface area contributed by atoms with Gasteiger partial charge in [-0.05, 0) is 37.3 Å². The fourth-order valence-corrected chi connectivity index (χ4v) is 2.81. The van der Waals surface area contributed by atoms with Gasteiger partial charge in [-0.2, -0.15) is 0 Å². The maximum Gasteiger partial charge on any atom is 0.161 e. The largest absolute Gasteiger partial charge is 0.490 e. The van der Waals surface area contributed by atoms with Crippen LogP contribution in [0, 0.1) is 0 Å². The van der Waals surface area contributed by atoms with E-state index in [2.05, 4.69) is 0 Å². The lowest BCUT2D eigenvalue weighted by Gasteiger charge is -2.11. The Hall–Kier alpha value is -2.01. The van der Waals surface area contributed by atoms with Crippen LogP contribution in [0.25, 0.3) is 0 Å². The highest BCUT2D eigenvalue weighted by Gasteiger charge is 2.07. The van der Waals surface area contributed by atoms with Crippen molar-refractivity contribution in [1.29, 1.82) is 0 Å². The van der Waals surface area contributed by atoms with Crippen LogP contribution in [0.1, 0.15) is 6.92 Å². The number of para-hydroxylation sites is 2. The van der Waals surface area contributed by atoms with Crippen LogP contribution in [-0.4, -0.2) is 23.2 Å². The molecule has 0 fully saturated rings. The van der Waals surface area contributed by atoms with Gasteiger partial charge in [0, 0.05) is 10.6 Å². The predicted octanol–water partition coefficient (Wildman–Crippen LogP) is 2.85. The summed E-state index contributed by atoms with van der Waals surface area (Å²) in [6.07, 6.45) is 0. The Bertz CT molecular complexity index is 616. The average molecular weight is 305 g/mol. The molecule has 2 aromatic rings. The molecule has 1 atom stereocenters. The summed E-state index contributed by atoms with van der Waals surface area (Å²) in [5, 5.41) is 0. The SMILES string of the molecule is CCOc1ccccc1OCCS(=O)c1cccc(N)c1. The van der Waals surface area contributed by atoms with E-state index in [1.165, 1.54) is 0 Å². The first kappa shape index (κ1) is 15.4. The zero-order chi connectivity index (χ0) is 15.1. The van der Waals surface area contributed by atoms with Gasteiger partial charge >= 0.3 is 0 Å². The van der Waals surface area contributed by atoms with Crippen LogP contribution in [0.15, 0.2) is 53.4 Å². The molecule has 0 aliphatic rings. The highest BCUT2D eigenvalue weighted by Crippen LogP contribution is 2.26. The van der Waals surface area contributed by atoms with Gasteiger partial charge in [0.05, 0.1) is 23.2 Å². The van der Waals surface area contributed by atoms with Gasteiger partial charge in [-0.1, -0.05) is 18.2 Å². The summed E-state index contributed by atoms with van der Waals surface area (Å²) in [7, 11) is -1.12. The molecule has 0 bridgehead atoms. The summed E-state index contributed by atoms with van der Waals surface area (Å²) in [5.74, 6) is 1.78. The number of hydrogen-bond donors (Lipinski definition) is 1. The highest BCUT2D eigenvalue weighted by atomic mass is 32.2.